The number of halogens is 1. The zero-order valence-corrected chi connectivity index (χ0v) is 20.3. The maximum absolute atomic E-state index is 13.5. The number of hydrogen-bond acceptors (Lipinski definition) is 7. The molecule has 11 nitrogen and oxygen atoms in total. The van der Waals surface area contributed by atoms with Crippen LogP contribution in [0.2, 0.25) is 0 Å². The second kappa shape index (κ2) is 7.75. The summed E-state index contributed by atoms with van der Waals surface area (Å²) in [6.07, 6.45) is -0.0270. The molecular formula is C20H27BrN6O5. The first kappa shape index (κ1) is 22.6. The molecule has 1 N–H and O–H groups in total. The average molecular weight is 511 g/mol. The number of hydrogen-bond donors (Lipinski definition) is 1. The molecule has 2 aromatic rings. The van der Waals surface area contributed by atoms with E-state index in [-0.39, 0.29) is 34.1 Å². The normalized spacial score (nSPS) is 23.5. The molecule has 2 aliphatic rings. The van der Waals surface area contributed by atoms with Gasteiger partial charge in [0.1, 0.15) is 17.3 Å². The molecule has 0 radical (unpaired) electrons. The Labute approximate surface area is 193 Å². The van der Waals surface area contributed by atoms with Crippen LogP contribution < -0.4 is 10.5 Å². The van der Waals surface area contributed by atoms with Gasteiger partial charge in [-0.3, -0.25) is 9.36 Å². The highest BCUT2D eigenvalue weighted by Crippen LogP contribution is 2.41. The molecule has 0 aromatic carbocycles. The molecule has 4 heterocycles. The molecule has 1 fully saturated rings. The number of fused-ring (bicyclic) bond motifs is 3. The zero-order valence-electron chi connectivity index (χ0n) is 18.7. The fourth-order valence-corrected chi connectivity index (χ4v) is 4.91. The molecule has 1 amide bonds. The van der Waals surface area contributed by atoms with E-state index < -0.39 is 17.6 Å². The zero-order chi connectivity index (χ0) is 23.5. The van der Waals surface area contributed by atoms with Crippen molar-refractivity contribution in [3.8, 4) is 0 Å². The lowest BCUT2D eigenvalue weighted by Crippen LogP contribution is -2.56. The Morgan fingerprint density at radius 2 is 1.91 bits per heavy atom. The fraction of sp³-hybridized carbons (Fsp3) is 0.650. The van der Waals surface area contributed by atoms with Crippen molar-refractivity contribution >= 4 is 39.5 Å². The lowest BCUT2D eigenvalue weighted by molar-refractivity contribution is -0.140. The Kier molecular flexibility index (Phi) is 5.46. The summed E-state index contributed by atoms with van der Waals surface area (Å²) in [6.45, 7) is 10.5. The van der Waals surface area contributed by atoms with Crippen molar-refractivity contribution < 1.29 is 19.4 Å². The van der Waals surface area contributed by atoms with Crippen molar-refractivity contribution in [2.75, 3.05) is 24.5 Å². The Morgan fingerprint density at radius 1 is 1.22 bits per heavy atom. The van der Waals surface area contributed by atoms with Gasteiger partial charge in [0.25, 0.3) is 5.56 Å². The maximum atomic E-state index is 13.5. The van der Waals surface area contributed by atoms with E-state index in [0.717, 1.165) is 4.52 Å². The Balaban J connectivity index is 1.76. The SMILES string of the molecule is CC1CC(C(=O)O)n2c1c(N1CCN(C(=O)OC(C)(C)C)[C@H](C)C1)c(=O)n1nc(Br)nc21. The molecule has 2 unspecified atom stereocenters. The highest BCUT2D eigenvalue weighted by molar-refractivity contribution is 9.10. The molecule has 4 rings (SSSR count). The smallest absolute Gasteiger partial charge is 0.410 e. The summed E-state index contributed by atoms with van der Waals surface area (Å²) in [4.78, 5) is 45.9. The first-order valence-electron chi connectivity index (χ1n) is 10.6. The van der Waals surface area contributed by atoms with E-state index in [2.05, 4.69) is 26.0 Å². The number of aromatic nitrogens is 4. The number of piperazine rings is 1. The number of carboxylic acids is 1. The van der Waals surface area contributed by atoms with Crippen LogP contribution in [0.5, 0.6) is 0 Å². The van der Waals surface area contributed by atoms with Crippen LogP contribution in [0.3, 0.4) is 0 Å². The summed E-state index contributed by atoms with van der Waals surface area (Å²) >= 11 is 3.20. The Hall–Kier alpha value is -2.63. The van der Waals surface area contributed by atoms with Gasteiger partial charge >= 0.3 is 12.1 Å². The molecular weight excluding hydrogens is 484 g/mol. The number of ether oxygens (including phenoxy) is 1. The Bertz CT molecular complexity index is 1150. The number of rotatable bonds is 2. The molecule has 0 saturated carbocycles. The molecule has 32 heavy (non-hydrogen) atoms. The molecule has 1 saturated heterocycles. The third-order valence-corrected chi connectivity index (χ3v) is 6.22. The minimum atomic E-state index is -0.977. The topological polar surface area (TPSA) is 122 Å². The van der Waals surface area contributed by atoms with E-state index >= 15 is 0 Å². The molecule has 0 spiro atoms. The first-order valence-corrected chi connectivity index (χ1v) is 11.4. The van der Waals surface area contributed by atoms with Crippen molar-refractivity contribution in [1.29, 1.82) is 0 Å². The summed E-state index contributed by atoms with van der Waals surface area (Å²) in [5.74, 6) is -0.925. The lowest BCUT2D eigenvalue weighted by atomic mass is 10.0. The predicted octanol–water partition coefficient (Wildman–Crippen LogP) is 2.23. The van der Waals surface area contributed by atoms with E-state index in [1.165, 1.54) is 0 Å². The van der Waals surface area contributed by atoms with Gasteiger partial charge in [-0.25, -0.2) is 9.59 Å². The van der Waals surface area contributed by atoms with Crippen LogP contribution in [0.1, 0.15) is 58.7 Å². The van der Waals surface area contributed by atoms with Gasteiger partial charge in [-0.2, -0.15) is 9.50 Å². The molecule has 2 aliphatic heterocycles. The second-order valence-corrected chi connectivity index (χ2v) is 10.2. The second-order valence-electron chi connectivity index (χ2n) is 9.46. The van der Waals surface area contributed by atoms with Gasteiger partial charge in [-0.1, -0.05) is 6.92 Å². The summed E-state index contributed by atoms with van der Waals surface area (Å²) in [5, 5.41) is 14.0. The quantitative estimate of drug-likeness (QED) is 0.652. The monoisotopic (exact) mass is 510 g/mol. The lowest BCUT2D eigenvalue weighted by Gasteiger charge is -2.41. The van der Waals surface area contributed by atoms with Crippen LogP contribution in [0, 0.1) is 0 Å². The molecule has 0 aliphatic carbocycles. The molecule has 174 valence electrons. The summed E-state index contributed by atoms with van der Waals surface area (Å²) < 4.78 is 8.50. The van der Waals surface area contributed by atoms with Crippen LogP contribution in [-0.4, -0.2) is 72.5 Å². The van der Waals surface area contributed by atoms with E-state index in [1.807, 2.05) is 39.5 Å². The van der Waals surface area contributed by atoms with Gasteiger partial charge in [0.05, 0.1) is 5.69 Å². The van der Waals surface area contributed by atoms with Crippen LogP contribution >= 0.6 is 15.9 Å². The van der Waals surface area contributed by atoms with Crippen LogP contribution in [0.25, 0.3) is 5.78 Å². The van der Waals surface area contributed by atoms with E-state index in [0.29, 0.717) is 37.4 Å². The minimum absolute atomic E-state index is 0.154. The largest absolute Gasteiger partial charge is 0.480 e. The van der Waals surface area contributed by atoms with Gasteiger partial charge in [-0.15, -0.1) is 5.10 Å². The highest BCUT2D eigenvalue weighted by atomic mass is 79.9. The van der Waals surface area contributed by atoms with Crippen molar-refractivity contribution in [3.05, 3.63) is 20.8 Å². The number of carbonyl (C=O) groups is 2. The summed E-state index contributed by atoms with van der Waals surface area (Å²) in [5.41, 5.74) is 0.121. The fourth-order valence-electron chi connectivity index (χ4n) is 4.59. The minimum Gasteiger partial charge on any atom is -0.480 e. The summed E-state index contributed by atoms with van der Waals surface area (Å²) in [7, 11) is 0. The molecule has 12 heteroatoms. The van der Waals surface area contributed by atoms with Crippen molar-refractivity contribution in [3.63, 3.8) is 0 Å². The van der Waals surface area contributed by atoms with Crippen molar-refractivity contribution in [2.24, 2.45) is 0 Å². The van der Waals surface area contributed by atoms with E-state index in [9.17, 15) is 19.5 Å². The van der Waals surface area contributed by atoms with Gasteiger partial charge in [-0.05, 0) is 50.0 Å². The first-order chi connectivity index (χ1) is 14.9. The number of carbonyl (C=O) groups excluding carboxylic acids is 1. The highest BCUT2D eigenvalue weighted by Gasteiger charge is 2.41. The number of anilines is 1. The maximum Gasteiger partial charge on any atom is 0.410 e. The van der Waals surface area contributed by atoms with Crippen molar-refractivity contribution in [1.82, 2.24) is 24.1 Å². The average Bonchev–Trinajstić information content (AvgIpc) is 3.21. The third-order valence-electron chi connectivity index (χ3n) is 5.89. The van der Waals surface area contributed by atoms with Gasteiger partial charge < -0.3 is 19.6 Å². The number of amides is 1. The van der Waals surface area contributed by atoms with Gasteiger partial charge in [0, 0.05) is 31.6 Å². The van der Waals surface area contributed by atoms with Crippen molar-refractivity contribution in [2.45, 2.75) is 64.6 Å². The number of nitrogens with zero attached hydrogens (tertiary/aromatic N) is 6. The van der Waals surface area contributed by atoms with Gasteiger partial charge in [0.15, 0.2) is 0 Å². The van der Waals surface area contributed by atoms with Gasteiger partial charge in [0.2, 0.25) is 10.5 Å². The molecule has 2 aromatic heterocycles. The third kappa shape index (κ3) is 3.74. The molecule has 0 bridgehead atoms. The van der Waals surface area contributed by atoms with Crippen LogP contribution in [0.15, 0.2) is 9.53 Å². The van der Waals surface area contributed by atoms with E-state index in [1.54, 1.807) is 9.47 Å². The standard InChI is InChI=1S/C20H27BrN6O5/c1-10-8-12(16(29)30)26-13(10)14(15(28)27-18(26)22-17(21)23-27)24-6-7-25(11(2)9-24)19(31)32-20(3,4)5/h10-12H,6-9H2,1-5H3,(H,29,30)/t10?,11-,12?/m1/s1. The van der Waals surface area contributed by atoms with E-state index in [4.69, 9.17) is 4.74 Å². The number of carboxylic acid groups (broad SMARTS) is 1. The Morgan fingerprint density at radius 3 is 2.50 bits per heavy atom. The predicted molar refractivity (Wildman–Crippen MR) is 119 cm³/mol. The molecule has 3 atom stereocenters. The summed E-state index contributed by atoms with van der Waals surface area (Å²) in [6, 6.07) is -1.04. The van der Waals surface area contributed by atoms with Crippen LogP contribution in [-0.2, 0) is 9.53 Å². The number of aliphatic carboxylic acids is 1. The van der Waals surface area contributed by atoms with Crippen LogP contribution in [0.4, 0.5) is 10.5 Å².